The van der Waals surface area contributed by atoms with Gasteiger partial charge in [-0.15, -0.1) is 0 Å². The second kappa shape index (κ2) is 2.42. The van der Waals surface area contributed by atoms with Gasteiger partial charge in [-0.05, 0) is 6.92 Å². The molecule has 1 aliphatic rings. The van der Waals surface area contributed by atoms with Gasteiger partial charge < -0.3 is 9.84 Å². The third-order valence-corrected chi connectivity index (χ3v) is 1.69. The van der Waals surface area contributed by atoms with Crippen LogP contribution in [-0.4, -0.2) is 24.1 Å². The fraction of sp³-hybridized carbons (Fsp3) is 0.571. The molecular formula is C7H10O3. The maximum absolute atomic E-state index is 10.9. The molecule has 0 aromatic carbocycles. The molecule has 0 radical (unpaired) electrons. The van der Waals surface area contributed by atoms with E-state index in [9.17, 15) is 4.79 Å². The normalized spacial score (nSPS) is 25.9. The van der Waals surface area contributed by atoms with Crippen LogP contribution in [0.4, 0.5) is 0 Å². The van der Waals surface area contributed by atoms with Crippen LogP contribution in [0.2, 0.25) is 0 Å². The first-order chi connectivity index (χ1) is 4.66. The van der Waals surface area contributed by atoms with Crippen LogP contribution in [0.1, 0.15) is 13.3 Å². The maximum Gasteiger partial charge on any atom is 0.165 e. The minimum absolute atomic E-state index is 0.0237. The van der Waals surface area contributed by atoms with Crippen molar-refractivity contribution < 1.29 is 14.6 Å². The van der Waals surface area contributed by atoms with Crippen molar-refractivity contribution in [3.05, 3.63) is 11.3 Å². The highest BCUT2D eigenvalue weighted by atomic mass is 16.5. The molecule has 0 aliphatic heterocycles. The Labute approximate surface area is 59.3 Å². The lowest BCUT2D eigenvalue weighted by Crippen LogP contribution is -2.06. The van der Waals surface area contributed by atoms with Gasteiger partial charge in [0.15, 0.2) is 5.78 Å². The fourth-order valence-electron chi connectivity index (χ4n) is 1.10. The molecule has 56 valence electrons. The highest BCUT2D eigenvalue weighted by Gasteiger charge is 2.28. The standard InChI is InChI=1S/C7H10O3/c1-4-5(8)3-6(9)7(4)10-2/h6,9H,3H2,1-2H3/t6-/m1/s1. The zero-order valence-electron chi connectivity index (χ0n) is 6.05. The van der Waals surface area contributed by atoms with Gasteiger partial charge in [-0.25, -0.2) is 0 Å². The van der Waals surface area contributed by atoms with E-state index in [0.717, 1.165) is 0 Å². The molecule has 0 saturated heterocycles. The SMILES string of the molecule is COC1=C(C)C(=O)C[C@H]1O. The lowest BCUT2D eigenvalue weighted by Gasteiger charge is -2.04. The van der Waals surface area contributed by atoms with E-state index in [2.05, 4.69) is 0 Å². The molecule has 0 bridgehead atoms. The second-order valence-electron chi connectivity index (χ2n) is 2.34. The summed E-state index contributed by atoms with van der Waals surface area (Å²) in [6, 6.07) is 0. The van der Waals surface area contributed by atoms with Crippen molar-refractivity contribution in [2.45, 2.75) is 19.4 Å². The highest BCUT2D eigenvalue weighted by molar-refractivity contribution is 5.98. The van der Waals surface area contributed by atoms with Crippen LogP contribution in [0, 0.1) is 0 Å². The number of Topliss-reactive ketones (excluding diaryl/α,β-unsaturated/α-hetero) is 1. The molecule has 0 aromatic heterocycles. The first-order valence-electron chi connectivity index (χ1n) is 3.13. The fourth-order valence-corrected chi connectivity index (χ4v) is 1.10. The number of carbonyl (C=O) groups is 1. The zero-order valence-corrected chi connectivity index (χ0v) is 6.05. The number of ketones is 1. The molecule has 0 heterocycles. The van der Waals surface area contributed by atoms with Gasteiger partial charge in [-0.2, -0.15) is 0 Å². The second-order valence-corrected chi connectivity index (χ2v) is 2.34. The average Bonchev–Trinajstić information content (AvgIpc) is 2.09. The number of rotatable bonds is 1. The smallest absolute Gasteiger partial charge is 0.165 e. The lowest BCUT2D eigenvalue weighted by atomic mass is 10.2. The number of carbonyl (C=O) groups excluding carboxylic acids is 1. The lowest BCUT2D eigenvalue weighted by molar-refractivity contribution is -0.115. The van der Waals surface area contributed by atoms with E-state index in [1.165, 1.54) is 7.11 Å². The molecule has 0 amide bonds. The van der Waals surface area contributed by atoms with Gasteiger partial charge in [-0.3, -0.25) is 4.79 Å². The third kappa shape index (κ3) is 0.926. The van der Waals surface area contributed by atoms with Gasteiger partial charge in [0.2, 0.25) is 0 Å². The number of hydrogen-bond acceptors (Lipinski definition) is 3. The van der Waals surface area contributed by atoms with E-state index >= 15 is 0 Å². The van der Waals surface area contributed by atoms with Crippen LogP contribution in [0.3, 0.4) is 0 Å². The van der Waals surface area contributed by atoms with E-state index in [-0.39, 0.29) is 12.2 Å². The summed E-state index contributed by atoms with van der Waals surface area (Å²) in [6.07, 6.45) is -0.535. The van der Waals surface area contributed by atoms with E-state index < -0.39 is 6.10 Å². The number of aliphatic hydroxyl groups excluding tert-OH is 1. The number of aliphatic hydroxyl groups is 1. The van der Waals surface area contributed by atoms with Crippen molar-refractivity contribution in [2.75, 3.05) is 7.11 Å². The Balaban J connectivity index is 2.90. The van der Waals surface area contributed by atoms with Crippen molar-refractivity contribution in [2.24, 2.45) is 0 Å². The van der Waals surface area contributed by atoms with Crippen LogP contribution in [0.5, 0.6) is 0 Å². The highest BCUT2D eigenvalue weighted by Crippen LogP contribution is 2.22. The minimum atomic E-state index is -0.711. The van der Waals surface area contributed by atoms with Crippen LogP contribution >= 0.6 is 0 Å². The summed E-state index contributed by atoms with van der Waals surface area (Å²) < 4.78 is 4.81. The summed E-state index contributed by atoms with van der Waals surface area (Å²) in [5, 5.41) is 9.13. The molecule has 0 spiro atoms. The van der Waals surface area contributed by atoms with Crippen molar-refractivity contribution >= 4 is 5.78 Å². The molecule has 3 nitrogen and oxygen atoms in total. The first-order valence-corrected chi connectivity index (χ1v) is 3.13. The Morgan fingerprint density at radius 3 is 2.50 bits per heavy atom. The topological polar surface area (TPSA) is 46.5 Å². The van der Waals surface area contributed by atoms with Crippen molar-refractivity contribution in [1.82, 2.24) is 0 Å². The average molecular weight is 142 g/mol. The van der Waals surface area contributed by atoms with Gasteiger partial charge in [0.1, 0.15) is 11.9 Å². The summed E-state index contributed by atoms with van der Waals surface area (Å²) in [4.78, 5) is 10.9. The maximum atomic E-state index is 10.9. The van der Waals surface area contributed by atoms with Crippen LogP contribution in [-0.2, 0) is 9.53 Å². The predicted molar refractivity (Wildman–Crippen MR) is 35.3 cm³/mol. The molecule has 0 unspecified atom stereocenters. The van der Waals surface area contributed by atoms with Crippen LogP contribution in [0.25, 0.3) is 0 Å². The number of methoxy groups -OCH3 is 1. The third-order valence-electron chi connectivity index (χ3n) is 1.69. The minimum Gasteiger partial charge on any atom is -0.498 e. The van der Waals surface area contributed by atoms with Gasteiger partial charge in [-0.1, -0.05) is 0 Å². The first kappa shape index (κ1) is 7.28. The summed E-state index contributed by atoms with van der Waals surface area (Å²) in [7, 11) is 1.46. The largest absolute Gasteiger partial charge is 0.498 e. The van der Waals surface area contributed by atoms with Gasteiger partial charge in [0.05, 0.1) is 7.11 Å². The quantitative estimate of drug-likeness (QED) is 0.570. The molecule has 1 atom stereocenters. The van der Waals surface area contributed by atoms with E-state index in [0.29, 0.717) is 11.3 Å². The number of ether oxygens (including phenoxy) is 1. The molecule has 1 rings (SSSR count). The molecule has 0 fully saturated rings. The Morgan fingerprint density at radius 1 is 1.70 bits per heavy atom. The molecule has 1 N–H and O–H groups in total. The molecule has 3 heteroatoms. The van der Waals surface area contributed by atoms with Gasteiger partial charge >= 0.3 is 0 Å². The van der Waals surface area contributed by atoms with E-state index in [1.54, 1.807) is 6.92 Å². The number of hydrogen-bond donors (Lipinski definition) is 1. The van der Waals surface area contributed by atoms with E-state index in [4.69, 9.17) is 9.84 Å². The summed E-state index contributed by atoms with van der Waals surface area (Å²) in [6.45, 7) is 1.66. The summed E-state index contributed by atoms with van der Waals surface area (Å²) in [5.41, 5.74) is 0.551. The molecule has 10 heavy (non-hydrogen) atoms. The van der Waals surface area contributed by atoms with Crippen molar-refractivity contribution in [3.63, 3.8) is 0 Å². The van der Waals surface area contributed by atoms with Crippen LogP contribution in [0.15, 0.2) is 11.3 Å². The molecule has 1 aliphatic carbocycles. The zero-order chi connectivity index (χ0) is 7.72. The summed E-state index contributed by atoms with van der Waals surface area (Å²) >= 11 is 0. The monoisotopic (exact) mass is 142 g/mol. The van der Waals surface area contributed by atoms with Gasteiger partial charge in [0, 0.05) is 12.0 Å². The van der Waals surface area contributed by atoms with Crippen LogP contribution < -0.4 is 0 Å². The van der Waals surface area contributed by atoms with Crippen molar-refractivity contribution in [3.8, 4) is 0 Å². The molecule has 0 aromatic rings. The predicted octanol–water partition coefficient (Wildman–Crippen LogP) is 0.240. The molecular weight excluding hydrogens is 132 g/mol. The number of allylic oxidation sites excluding steroid dienone is 1. The Kier molecular flexibility index (Phi) is 1.76. The molecule has 0 saturated carbocycles. The van der Waals surface area contributed by atoms with Gasteiger partial charge in [0.25, 0.3) is 0 Å². The summed E-state index contributed by atoms with van der Waals surface area (Å²) in [5.74, 6) is 0.398. The Hall–Kier alpha value is -0.830. The van der Waals surface area contributed by atoms with Crippen molar-refractivity contribution in [1.29, 1.82) is 0 Å². The Morgan fingerprint density at radius 2 is 2.30 bits per heavy atom. The Bertz CT molecular complexity index is 193. The van der Waals surface area contributed by atoms with E-state index in [1.807, 2.05) is 0 Å².